The molecule has 0 fully saturated rings. The SMILES string of the molecule is CC(CO)NC(=O)CCNC(=O)c1ccc(Br)cc1. The molecule has 19 heavy (non-hydrogen) atoms. The zero-order chi connectivity index (χ0) is 14.3. The highest BCUT2D eigenvalue weighted by atomic mass is 79.9. The summed E-state index contributed by atoms with van der Waals surface area (Å²) in [6.45, 7) is 1.87. The first kappa shape index (κ1) is 15.7. The van der Waals surface area contributed by atoms with Gasteiger partial charge in [0.05, 0.1) is 6.61 Å². The van der Waals surface area contributed by atoms with Crippen molar-refractivity contribution in [3.05, 3.63) is 34.3 Å². The highest BCUT2D eigenvalue weighted by Gasteiger charge is 2.08. The molecule has 1 aromatic carbocycles. The maximum absolute atomic E-state index is 11.7. The fraction of sp³-hybridized carbons (Fsp3) is 0.385. The Labute approximate surface area is 120 Å². The van der Waals surface area contributed by atoms with E-state index in [0.29, 0.717) is 5.56 Å². The highest BCUT2D eigenvalue weighted by molar-refractivity contribution is 9.10. The van der Waals surface area contributed by atoms with Crippen molar-refractivity contribution in [1.29, 1.82) is 0 Å². The number of nitrogens with one attached hydrogen (secondary N) is 2. The van der Waals surface area contributed by atoms with E-state index in [0.717, 1.165) is 4.47 Å². The van der Waals surface area contributed by atoms with E-state index in [1.165, 1.54) is 0 Å². The Bertz CT molecular complexity index is 434. The van der Waals surface area contributed by atoms with Crippen LogP contribution in [0.2, 0.25) is 0 Å². The number of amides is 2. The lowest BCUT2D eigenvalue weighted by molar-refractivity contribution is -0.121. The minimum atomic E-state index is -0.269. The van der Waals surface area contributed by atoms with Crippen molar-refractivity contribution < 1.29 is 14.7 Å². The molecule has 1 atom stereocenters. The molecule has 6 heteroatoms. The molecule has 0 aliphatic carbocycles. The number of halogens is 1. The van der Waals surface area contributed by atoms with Gasteiger partial charge < -0.3 is 15.7 Å². The van der Waals surface area contributed by atoms with Gasteiger partial charge in [-0.15, -0.1) is 0 Å². The van der Waals surface area contributed by atoms with Crippen molar-refractivity contribution in [2.24, 2.45) is 0 Å². The molecule has 0 aromatic heterocycles. The molecule has 5 nitrogen and oxygen atoms in total. The Morgan fingerprint density at radius 1 is 1.32 bits per heavy atom. The summed E-state index contributed by atoms with van der Waals surface area (Å²) in [5.41, 5.74) is 0.548. The van der Waals surface area contributed by atoms with E-state index in [1.54, 1.807) is 31.2 Å². The number of carbonyl (C=O) groups is 2. The predicted molar refractivity (Wildman–Crippen MR) is 75.8 cm³/mol. The third kappa shape index (κ3) is 5.85. The minimum absolute atomic E-state index is 0.100. The second kappa shape index (κ2) is 7.91. The third-order valence-electron chi connectivity index (χ3n) is 2.43. The number of hydrogen-bond donors (Lipinski definition) is 3. The lowest BCUT2D eigenvalue weighted by Gasteiger charge is -2.11. The van der Waals surface area contributed by atoms with Crippen LogP contribution in [0.4, 0.5) is 0 Å². The van der Waals surface area contributed by atoms with Crippen molar-refractivity contribution in [3.8, 4) is 0 Å². The molecule has 1 rings (SSSR count). The Balaban J connectivity index is 2.31. The molecular formula is C13H17BrN2O3. The van der Waals surface area contributed by atoms with Gasteiger partial charge in [-0.25, -0.2) is 0 Å². The van der Waals surface area contributed by atoms with Crippen LogP contribution in [-0.4, -0.2) is 36.1 Å². The van der Waals surface area contributed by atoms with E-state index in [1.807, 2.05) is 0 Å². The summed E-state index contributed by atoms with van der Waals surface area (Å²) in [5.74, 6) is -0.409. The first-order valence-corrected chi connectivity index (χ1v) is 6.76. The average molecular weight is 329 g/mol. The van der Waals surface area contributed by atoms with Crippen LogP contribution < -0.4 is 10.6 Å². The maximum Gasteiger partial charge on any atom is 0.251 e. The van der Waals surface area contributed by atoms with Gasteiger partial charge in [-0.05, 0) is 31.2 Å². The van der Waals surface area contributed by atoms with Gasteiger partial charge in [0.25, 0.3) is 5.91 Å². The molecule has 0 saturated heterocycles. The second-order valence-corrected chi connectivity index (χ2v) is 5.08. The van der Waals surface area contributed by atoms with Crippen LogP contribution in [0.25, 0.3) is 0 Å². The first-order chi connectivity index (χ1) is 9.02. The van der Waals surface area contributed by atoms with E-state index in [-0.39, 0.29) is 37.4 Å². The van der Waals surface area contributed by atoms with E-state index >= 15 is 0 Å². The molecule has 0 bridgehead atoms. The van der Waals surface area contributed by atoms with E-state index in [4.69, 9.17) is 5.11 Å². The molecule has 0 aliphatic rings. The van der Waals surface area contributed by atoms with Gasteiger partial charge in [0.1, 0.15) is 0 Å². The smallest absolute Gasteiger partial charge is 0.251 e. The van der Waals surface area contributed by atoms with Crippen LogP contribution in [0.5, 0.6) is 0 Å². The lowest BCUT2D eigenvalue weighted by Crippen LogP contribution is -2.37. The van der Waals surface area contributed by atoms with Crippen LogP contribution in [-0.2, 0) is 4.79 Å². The van der Waals surface area contributed by atoms with Crippen molar-refractivity contribution in [1.82, 2.24) is 10.6 Å². The van der Waals surface area contributed by atoms with E-state index < -0.39 is 0 Å². The summed E-state index contributed by atoms with van der Waals surface area (Å²) in [7, 11) is 0. The minimum Gasteiger partial charge on any atom is -0.394 e. The van der Waals surface area contributed by atoms with Gasteiger partial charge >= 0.3 is 0 Å². The first-order valence-electron chi connectivity index (χ1n) is 5.97. The Morgan fingerprint density at radius 3 is 2.53 bits per heavy atom. The Kier molecular flexibility index (Phi) is 6.52. The summed E-state index contributed by atoms with van der Waals surface area (Å²) in [6.07, 6.45) is 0.187. The Morgan fingerprint density at radius 2 is 1.95 bits per heavy atom. The third-order valence-corrected chi connectivity index (χ3v) is 2.95. The largest absolute Gasteiger partial charge is 0.394 e. The molecule has 1 aromatic rings. The number of aliphatic hydroxyl groups excluding tert-OH is 1. The molecule has 0 saturated carbocycles. The zero-order valence-electron chi connectivity index (χ0n) is 10.6. The maximum atomic E-state index is 11.7. The standard InChI is InChI=1S/C13H17BrN2O3/c1-9(8-17)16-12(18)6-7-15-13(19)10-2-4-11(14)5-3-10/h2-5,9,17H,6-8H2,1H3,(H,15,19)(H,16,18). The second-order valence-electron chi connectivity index (χ2n) is 4.16. The molecule has 104 valence electrons. The van der Waals surface area contributed by atoms with Crippen molar-refractivity contribution in [3.63, 3.8) is 0 Å². The summed E-state index contributed by atoms with van der Waals surface area (Å²) in [6, 6.07) is 6.70. The molecule has 0 spiro atoms. The molecule has 0 aliphatic heterocycles. The summed E-state index contributed by atoms with van der Waals surface area (Å²) in [5, 5.41) is 14.0. The van der Waals surface area contributed by atoms with Crippen molar-refractivity contribution in [2.75, 3.05) is 13.2 Å². The van der Waals surface area contributed by atoms with Gasteiger partial charge in [0.2, 0.25) is 5.91 Å². The molecule has 3 N–H and O–H groups in total. The van der Waals surface area contributed by atoms with Gasteiger partial charge in [-0.3, -0.25) is 9.59 Å². The highest BCUT2D eigenvalue weighted by Crippen LogP contribution is 2.10. The average Bonchev–Trinajstić information content (AvgIpc) is 2.39. The van der Waals surface area contributed by atoms with Crippen LogP contribution in [0, 0.1) is 0 Å². The summed E-state index contributed by atoms with van der Waals surface area (Å²) < 4.78 is 0.904. The summed E-state index contributed by atoms with van der Waals surface area (Å²) >= 11 is 3.29. The topological polar surface area (TPSA) is 78.4 Å². The van der Waals surface area contributed by atoms with Crippen LogP contribution in [0.15, 0.2) is 28.7 Å². The normalized spacial score (nSPS) is 11.7. The fourth-order valence-corrected chi connectivity index (χ4v) is 1.65. The van der Waals surface area contributed by atoms with Crippen LogP contribution in [0.1, 0.15) is 23.7 Å². The molecule has 2 amide bonds. The fourth-order valence-electron chi connectivity index (χ4n) is 1.39. The van der Waals surface area contributed by atoms with Gasteiger partial charge in [0.15, 0.2) is 0 Å². The van der Waals surface area contributed by atoms with Gasteiger partial charge in [-0.2, -0.15) is 0 Å². The summed E-state index contributed by atoms with van der Waals surface area (Å²) in [4.78, 5) is 23.1. The molecule has 0 radical (unpaired) electrons. The number of carbonyl (C=O) groups excluding carboxylic acids is 2. The monoisotopic (exact) mass is 328 g/mol. The zero-order valence-corrected chi connectivity index (χ0v) is 12.2. The van der Waals surface area contributed by atoms with Crippen molar-refractivity contribution >= 4 is 27.7 Å². The Hall–Kier alpha value is -1.40. The van der Waals surface area contributed by atoms with Crippen LogP contribution in [0.3, 0.4) is 0 Å². The van der Waals surface area contributed by atoms with E-state index in [9.17, 15) is 9.59 Å². The number of rotatable bonds is 6. The van der Waals surface area contributed by atoms with Gasteiger partial charge in [-0.1, -0.05) is 15.9 Å². The lowest BCUT2D eigenvalue weighted by atomic mass is 10.2. The number of benzene rings is 1. The number of hydrogen-bond acceptors (Lipinski definition) is 3. The predicted octanol–water partition coefficient (Wildman–Crippen LogP) is 1.07. The molecular weight excluding hydrogens is 312 g/mol. The van der Waals surface area contributed by atoms with Crippen molar-refractivity contribution in [2.45, 2.75) is 19.4 Å². The quantitative estimate of drug-likeness (QED) is 0.730. The molecule has 0 heterocycles. The molecule has 1 unspecified atom stereocenters. The number of aliphatic hydroxyl groups is 1. The van der Waals surface area contributed by atoms with Crippen LogP contribution >= 0.6 is 15.9 Å². The van der Waals surface area contributed by atoms with E-state index in [2.05, 4.69) is 26.6 Å². The van der Waals surface area contributed by atoms with Gasteiger partial charge in [0, 0.05) is 29.0 Å².